The van der Waals surface area contributed by atoms with Gasteiger partial charge < -0.3 is 4.57 Å². The molecule has 0 saturated carbocycles. The number of imidazole rings is 1. The van der Waals surface area contributed by atoms with E-state index in [2.05, 4.69) is 9.97 Å². The first-order valence-electron chi connectivity index (χ1n) is 3.65. The Bertz CT molecular complexity index is 408. The van der Waals surface area contributed by atoms with E-state index in [1.807, 2.05) is 12.1 Å². The molecule has 2 rings (SSSR count). The zero-order valence-corrected chi connectivity index (χ0v) is 6.66. The molecule has 0 saturated heterocycles. The van der Waals surface area contributed by atoms with E-state index in [9.17, 15) is 4.39 Å². The highest BCUT2D eigenvalue weighted by Crippen LogP contribution is 2.11. The third-order valence-corrected chi connectivity index (χ3v) is 1.87. The van der Waals surface area contributed by atoms with Crippen molar-refractivity contribution in [3.05, 3.63) is 24.2 Å². The lowest BCUT2D eigenvalue weighted by atomic mass is 10.4. The van der Waals surface area contributed by atoms with Crippen molar-refractivity contribution < 1.29 is 4.39 Å². The maximum absolute atomic E-state index is 12.3. The van der Waals surface area contributed by atoms with Crippen LogP contribution in [0.3, 0.4) is 0 Å². The van der Waals surface area contributed by atoms with Gasteiger partial charge in [0.1, 0.15) is 12.5 Å². The van der Waals surface area contributed by atoms with Crippen molar-refractivity contribution in [3.63, 3.8) is 0 Å². The van der Waals surface area contributed by atoms with Crippen LogP contribution in [0.4, 0.5) is 4.39 Å². The van der Waals surface area contributed by atoms with Crippen molar-refractivity contribution >= 4 is 11.2 Å². The highest BCUT2D eigenvalue weighted by atomic mass is 19.1. The average molecular weight is 165 g/mol. The van der Waals surface area contributed by atoms with Crippen molar-refractivity contribution in [2.45, 2.75) is 6.67 Å². The molecule has 12 heavy (non-hydrogen) atoms. The first kappa shape index (κ1) is 7.21. The topological polar surface area (TPSA) is 30.7 Å². The summed E-state index contributed by atoms with van der Waals surface area (Å²) in [4.78, 5) is 8.02. The first-order valence-corrected chi connectivity index (χ1v) is 3.65. The SMILES string of the molecule is Cn1c(CF)nc2ncccc21. The molecule has 0 aromatic carbocycles. The van der Waals surface area contributed by atoms with Gasteiger partial charge in [-0.15, -0.1) is 0 Å². The standard InChI is InChI=1S/C8H8FN3/c1-12-6-3-2-4-10-8(6)11-7(12)5-9/h2-4H,5H2,1H3. The van der Waals surface area contributed by atoms with E-state index in [0.717, 1.165) is 5.52 Å². The van der Waals surface area contributed by atoms with Gasteiger partial charge >= 0.3 is 0 Å². The second-order valence-corrected chi connectivity index (χ2v) is 2.57. The van der Waals surface area contributed by atoms with Crippen molar-refractivity contribution in [2.75, 3.05) is 0 Å². The molecule has 2 aromatic rings. The molecule has 0 aliphatic rings. The quantitative estimate of drug-likeness (QED) is 0.640. The fourth-order valence-electron chi connectivity index (χ4n) is 1.19. The van der Waals surface area contributed by atoms with Crippen molar-refractivity contribution in [1.82, 2.24) is 14.5 Å². The molecule has 0 bridgehead atoms. The minimum absolute atomic E-state index is 0.420. The molecule has 4 heteroatoms. The van der Waals surface area contributed by atoms with Crippen LogP contribution in [0.5, 0.6) is 0 Å². The van der Waals surface area contributed by atoms with Crippen molar-refractivity contribution in [3.8, 4) is 0 Å². The van der Waals surface area contributed by atoms with Crippen LogP contribution < -0.4 is 0 Å². The van der Waals surface area contributed by atoms with E-state index in [0.29, 0.717) is 11.5 Å². The molecule has 0 aliphatic carbocycles. The zero-order chi connectivity index (χ0) is 8.55. The van der Waals surface area contributed by atoms with Crippen LogP contribution in [0.1, 0.15) is 5.82 Å². The van der Waals surface area contributed by atoms with Gasteiger partial charge in [0, 0.05) is 13.2 Å². The molecule has 2 aromatic heterocycles. The van der Waals surface area contributed by atoms with Crippen LogP contribution in [-0.4, -0.2) is 14.5 Å². The van der Waals surface area contributed by atoms with Gasteiger partial charge in [0.05, 0.1) is 5.52 Å². The van der Waals surface area contributed by atoms with E-state index in [-0.39, 0.29) is 0 Å². The molecule has 0 unspecified atom stereocenters. The summed E-state index contributed by atoms with van der Waals surface area (Å²) in [6.07, 6.45) is 1.65. The fourth-order valence-corrected chi connectivity index (χ4v) is 1.19. The number of halogens is 1. The molecule has 0 amide bonds. The van der Waals surface area contributed by atoms with Gasteiger partial charge in [-0.05, 0) is 12.1 Å². The first-order chi connectivity index (χ1) is 5.83. The number of hydrogen-bond acceptors (Lipinski definition) is 2. The van der Waals surface area contributed by atoms with Crippen LogP contribution in [-0.2, 0) is 13.7 Å². The Morgan fingerprint density at radius 2 is 2.42 bits per heavy atom. The van der Waals surface area contributed by atoms with Crippen LogP contribution in [0.15, 0.2) is 18.3 Å². The predicted octanol–water partition coefficient (Wildman–Crippen LogP) is 1.44. The lowest BCUT2D eigenvalue weighted by molar-refractivity contribution is 0.457. The minimum Gasteiger partial charge on any atom is -0.328 e. The molecule has 0 aliphatic heterocycles. The number of pyridine rings is 1. The largest absolute Gasteiger partial charge is 0.328 e. The normalized spacial score (nSPS) is 10.8. The Kier molecular flexibility index (Phi) is 1.53. The molecule has 0 fully saturated rings. The van der Waals surface area contributed by atoms with Gasteiger partial charge in [0.15, 0.2) is 5.65 Å². The summed E-state index contributed by atoms with van der Waals surface area (Å²) in [5, 5.41) is 0. The zero-order valence-electron chi connectivity index (χ0n) is 6.66. The van der Waals surface area contributed by atoms with E-state index >= 15 is 0 Å². The predicted molar refractivity (Wildman–Crippen MR) is 43.3 cm³/mol. The van der Waals surface area contributed by atoms with Crippen LogP contribution in [0, 0.1) is 0 Å². The maximum atomic E-state index is 12.3. The third-order valence-electron chi connectivity index (χ3n) is 1.87. The van der Waals surface area contributed by atoms with E-state index < -0.39 is 6.67 Å². The lowest BCUT2D eigenvalue weighted by Crippen LogP contribution is -1.93. The molecule has 0 spiro atoms. The highest BCUT2D eigenvalue weighted by molar-refractivity contribution is 5.70. The van der Waals surface area contributed by atoms with E-state index in [1.165, 1.54) is 0 Å². The van der Waals surface area contributed by atoms with Crippen LogP contribution in [0.25, 0.3) is 11.2 Å². The van der Waals surface area contributed by atoms with Crippen molar-refractivity contribution in [2.24, 2.45) is 7.05 Å². The number of rotatable bonds is 1. The lowest BCUT2D eigenvalue weighted by Gasteiger charge is -1.94. The Labute approximate surface area is 68.9 Å². The molecular formula is C8H8FN3. The number of aryl methyl sites for hydroxylation is 1. The van der Waals surface area contributed by atoms with E-state index in [1.54, 1.807) is 17.8 Å². The van der Waals surface area contributed by atoms with Gasteiger partial charge in [0.2, 0.25) is 0 Å². The van der Waals surface area contributed by atoms with Gasteiger partial charge in [-0.25, -0.2) is 14.4 Å². The summed E-state index contributed by atoms with van der Waals surface area (Å²) in [6, 6.07) is 3.68. The second kappa shape index (κ2) is 2.55. The molecule has 2 heterocycles. The molecule has 3 nitrogen and oxygen atoms in total. The Morgan fingerprint density at radius 1 is 1.58 bits per heavy atom. The monoisotopic (exact) mass is 165 g/mol. The molecule has 0 atom stereocenters. The Balaban J connectivity index is 2.78. The van der Waals surface area contributed by atoms with Gasteiger partial charge in [-0.3, -0.25) is 0 Å². The van der Waals surface area contributed by atoms with Crippen LogP contribution >= 0.6 is 0 Å². The van der Waals surface area contributed by atoms with Gasteiger partial charge in [0.25, 0.3) is 0 Å². The highest BCUT2D eigenvalue weighted by Gasteiger charge is 2.05. The smallest absolute Gasteiger partial charge is 0.177 e. The summed E-state index contributed by atoms with van der Waals surface area (Å²) in [5.41, 5.74) is 1.47. The molecule has 0 radical (unpaired) electrons. The summed E-state index contributed by atoms with van der Waals surface area (Å²) < 4.78 is 14.0. The number of fused-ring (bicyclic) bond motifs is 1. The Hall–Kier alpha value is -1.45. The summed E-state index contributed by atoms with van der Waals surface area (Å²) in [7, 11) is 1.78. The van der Waals surface area contributed by atoms with Gasteiger partial charge in [-0.2, -0.15) is 0 Å². The summed E-state index contributed by atoms with van der Waals surface area (Å²) in [6.45, 7) is -0.549. The Morgan fingerprint density at radius 3 is 3.08 bits per heavy atom. The molecule has 62 valence electrons. The number of nitrogens with zero attached hydrogens (tertiary/aromatic N) is 3. The average Bonchev–Trinajstić information content (AvgIpc) is 2.44. The molecule has 0 N–H and O–H groups in total. The van der Waals surface area contributed by atoms with Gasteiger partial charge in [-0.1, -0.05) is 0 Å². The molecular weight excluding hydrogens is 157 g/mol. The fraction of sp³-hybridized carbons (Fsp3) is 0.250. The van der Waals surface area contributed by atoms with Crippen molar-refractivity contribution in [1.29, 1.82) is 0 Å². The second-order valence-electron chi connectivity index (χ2n) is 2.57. The minimum atomic E-state index is -0.549. The van der Waals surface area contributed by atoms with Crippen LogP contribution in [0.2, 0.25) is 0 Å². The summed E-state index contributed by atoms with van der Waals surface area (Å²) >= 11 is 0. The maximum Gasteiger partial charge on any atom is 0.177 e. The summed E-state index contributed by atoms with van der Waals surface area (Å²) in [5.74, 6) is 0.420. The number of alkyl halides is 1. The number of aromatic nitrogens is 3. The van der Waals surface area contributed by atoms with E-state index in [4.69, 9.17) is 0 Å². The number of hydrogen-bond donors (Lipinski definition) is 0. The third kappa shape index (κ3) is 0.879.